The SMILES string of the molecule is NCC(O)(c1ccccc1)c1cccc(Cl)c1Cl. The molecule has 0 saturated heterocycles. The highest BCUT2D eigenvalue weighted by Gasteiger charge is 2.32. The average molecular weight is 282 g/mol. The molecule has 3 N–H and O–H groups in total. The molecule has 0 aliphatic rings. The molecule has 0 aromatic heterocycles. The molecule has 1 unspecified atom stereocenters. The van der Waals surface area contributed by atoms with Gasteiger partial charge in [-0.1, -0.05) is 65.7 Å². The molecule has 0 radical (unpaired) electrons. The van der Waals surface area contributed by atoms with Gasteiger partial charge in [0.1, 0.15) is 5.60 Å². The molecule has 2 aromatic carbocycles. The first-order valence-electron chi connectivity index (χ1n) is 5.52. The van der Waals surface area contributed by atoms with Crippen LogP contribution in [0.25, 0.3) is 0 Å². The lowest BCUT2D eigenvalue weighted by atomic mass is 9.86. The Morgan fingerprint density at radius 3 is 2.28 bits per heavy atom. The highest BCUT2D eigenvalue weighted by Crippen LogP contribution is 2.36. The predicted molar refractivity (Wildman–Crippen MR) is 75.0 cm³/mol. The minimum atomic E-state index is -1.33. The van der Waals surface area contributed by atoms with Gasteiger partial charge in [-0.05, 0) is 11.6 Å². The second-order valence-corrected chi connectivity index (χ2v) is 4.82. The van der Waals surface area contributed by atoms with Crippen molar-refractivity contribution in [3.8, 4) is 0 Å². The molecular weight excluding hydrogens is 269 g/mol. The van der Waals surface area contributed by atoms with Crippen LogP contribution in [-0.4, -0.2) is 11.7 Å². The number of rotatable bonds is 3. The fourth-order valence-corrected chi connectivity index (χ4v) is 2.38. The highest BCUT2D eigenvalue weighted by atomic mass is 35.5. The third-order valence-corrected chi connectivity index (χ3v) is 3.76. The third kappa shape index (κ3) is 2.25. The molecule has 0 saturated carbocycles. The van der Waals surface area contributed by atoms with Crippen molar-refractivity contribution in [2.24, 2.45) is 5.73 Å². The van der Waals surface area contributed by atoms with Crippen LogP contribution in [0.1, 0.15) is 11.1 Å². The summed E-state index contributed by atoms with van der Waals surface area (Å²) >= 11 is 12.1. The van der Waals surface area contributed by atoms with Crippen LogP contribution in [0.15, 0.2) is 48.5 Å². The van der Waals surface area contributed by atoms with E-state index in [0.717, 1.165) is 0 Å². The zero-order chi connectivity index (χ0) is 13.2. The van der Waals surface area contributed by atoms with Crippen molar-refractivity contribution in [1.29, 1.82) is 0 Å². The molecule has 0 heterocycles. The standard InChI is InChI=1S/C14H13Cl2NO/c15-12-8-4-7-11(13(12)16)14(18,9-17)10-5-2-1-3-6-10/h1-8,18H,9,17H2. The van der Waals surface area contributed by atoms with Gasteiger partial charge in [0.05, 0.1) is 10.0 Å². The van der Waals surface area contributed by atoms with Crippen LogP contribution >= 0.6 is 23.2 Å². The van der Waals surface area contributed by atoms with Crippen molar-refractivity contribution in [2.45, 2.75) is 5.60 Å². The largest absolute Gasteiger partial charge is 0.379 e. The molecule has 0 aliphatic heterocycles. The molecule has 1 atom stereocenters. The Hall–Kier alpha value is -1.06. The van der Waals surface area contributed by atoms with E-state index >= 15 is 0 Å². The predicted octanol–water partition coefficient (Wildman–Crippen LogP) is 3.19. The van der Waals surface area contributed by atoms with E-state index in [4.69, 9.17) is 28.9 Å². The lowest BCUT2D eigenvalue weighted by molar-refractivity contribution is 0.0903. The summed E-state index contributed by atoms with van der Waals surface area (Å²) in [5, 5.41) is 11.5. The smallest absolute Gasteiger partial charge is 0.128 e. The molecule has 4 heteroatoms. The average Bonchev–Trinajstić information content (AvgIpc) is 2.42. The normalized spacial score (nSPS) is 14.2. The number of benzene rings is 2. The van der Waals surface area contributed by atoms with Gasteiger partial charge in [0.15, 0.2) is 0 Å². The van der Waals surface area contributed by atoms with Crippen molar-refractivity contribution in [1.82, 2.24) is 0 Å². The van der Waals surface area contributed by atoms with Gasteiger partial charge in [0.2, 0.25) is 0 Å². The van der Waals surface area contributed by atoms with Crippen LogP contribution in [0.3, 0.4) is 0 Å². The van der Waals surface area contributed by atoms with Gasteiger partial charge in [-0.2, -0.15) is 0 Å². The number of nitrogens with two attached hydrogens (primary N) is 1. The molecule has 0 bridgehead atoms. The maximum absolute atomic E-state index is 10.8. The maximum atomic E-state index is 10.8. The zero-order valence-corrected chi connectivity index (χ0v) is 11.1. The van der Waals surface area contributed by atoms with Crippen molar-refractivity contribution in [3.63, 3.8) is 0 Å². The number of hydrogen-bond acceptors (Lipinski definition) is 2. The van der Waals surface area contributed by atoms with Gasteiger partial charge in [-0.15, -0.1) is 0 Å². The van der Waals surface area contributed by atoms with E-state index in [1.165, 1.54) is 0 Å². The minimum absolute atomic E-state index is 0.0249. The Morgan fingerprint density at radius 1 is 1.00 bits per heavy atom. The van der Waals surface area contributed by atoms with Gasteiger partial charge in [0.25, 0.3) is 0 Å². The summed E-state index contributed by atoms with van der Waals surface area (Å²) in [6, 6.07) is 14.3. The topological polar surface area (TPSA) is 46.2 Å². The van der Waals surface area contributed by atoms with Crippen LogP contribution < -0.4 is 5.73 Å². The summed E-state index contributed by atoms with van der Waals surface area (Å²) in [7, 11) is 0. The van der Waals surface area contributed by atoms with Crippen LogP contribution in [0.2, 0.25) is 10.0 Å². The van der Waals surface area contributed by atoms with E-state index in [-0.39, 0.29) is 6.54 Å². The summed E-state index contributed by atoms with van der Waals surface area (Å²) in [5.74, 6) is 0. The van der Waals surface area contributed by atoms with E-state index in [0.29, 0.717) is 21.2 Å². The van der Waals surface area contributed by atoms with Gasteiger partial charge < -0.3 is 10.8 Å². The minimum Gasteiger partial charge on any atom is -0.379 e. The summed E-state index contributed by atoms with van der Waals surface area (Å²) < 4.78 is 0. The summed E-state index contributed by atoms with van der Waals surface area (Å²) in [4.78, 5) is 0. The quantitative estimate of drug-likeness (QED) is 0.908. The fourth-order valence-electron chi connectivity index (χ4n) is 1.92. The zero-order valence-electron chi connectivity index (χ0n) is 9.61. The Labute approximate surface area is 116 Å². The first-order chi connectivity index (χ1) is 8.59. The van der Waals surface area contributed by atoms with E-state index in [2.05, 4.69) is 0 Å². The molecule has 2 rings (SSSR count). The van der Waals surface area contributed by atoms with Gasteiger partial charge in [-0.25, -0.2) is 0 Å². The summed E-state index contributed by atoms with van der Waals surface area (Å²) in [6.45, 7) is 0.0249. The molecule has 2 nitrogen and oxygen atoms in total. The first kappa shape index (κ1) is 13.4. The van der Waals surface area contributed by atoms with Crippen LogP contribution in [0.4, 0.5) is 0 Å². The van der Waals surface area contributed by atoms with Crippen molar-refractivity contribution in [2.75, 3.05) is 6.54 Å². The molecule has 0 aliphatic carbocycles. The lowest BCUT2D eigenvalue weighted by Crippen LogP contribution is -2.36. The Kier molecular flexibility index (Phi) is 3.93. The Morgan fingerprint density at radius 2 is 1.67 bits per heavy atom. The number of halogens is 2. The second kappa shape index (κ2) is 5.29. The molecule has 94 valence electrons. The van der Waals surface area contributed by atoms with Crippen LogP contribution in [-0.2, 0) is 5.60 Å². The maximum Gasteiger partial charge on any atom is 0.128 e. The first-order valence-corrected chi connectivity index (χ1v) is 6.27. The summed E-state index contributed by atoms with van der Waals surface area (Å²) in [5.41, 5.74) is 5.62. The van der Waals surface area contributed by atoms with Crippen molar-refractivity contribution < 1.29 is 5.11 Å². The molecule has 18 heavy (non-hydrogen) atoms. The van der Waals surface area contributed by atoms with E-state index in [1.807, 2.05) is 30.3 Å². The molecule has 0 fully saturated rings. The van der Waals surface area contributed by atoms with Crippen molar-refractivity contribution >= 4 is 23.2 Å². The molecular formula is C14H13Cl2NO. The summed E-state index contributed by atoms with van der Waals surface area (Å²) in [6.07, 6.45) is 0. The van der Waals surface area contributed by atoms with Gasteiger partial charge >= 0.3 is 0 Å². The third-order valence-electron chi connectivity index (χ3n) is 2.94. The molecule has 0 spiro atoms. The second-order valence-electron chi connectivity index (χ2n) is 4.03. The Bertz CT molecular complexity index is 545. The van der Waals surface area contributed by atoms with Crippen LogP contribution in [0, 0.1) is 0 Å². The van der Waals surface area contributed by atoms with Gasteiger partial charge in [-0.3, -0.25) is 0 Å². The van der Waals surface area contributed by atoms with Crippen LogP contribution in [0.5, 0.6) is 0 Å². The Balaban J connectivity index is 2.61. The number of hydrogen-bond donors (Lipinski definition) is 2. The molecule has 2 aromatic rings. The van der Waals surface area contributed by atoms with E-state index in [1.54, 1.807) is 18.2 Å². The van der Waals surface area contributed by atoms with E-state index in [9.17, 15) is 5.11 Å². The lowest BCUT2D eigenvalue weighted by Gasteiger charge is -2.28. The highest BCUT2D eigenvalue weighted by molar-refractivity contribution is 6.42. The molecule has 0 amide bonds. The van der Waals surface area contributed by atoms with E-state index < -0.39 is 5.60 Å². The van der Waals surface area contributed by atoms with Crippen molar-refractivity contribution in [3.05, 3.63) is 69.7 Å². The van der Waals surface area contributed by atoms with Gasteiger partial charge in [0, 0.05) is 12.1 Å². The fraction of sp³-hybridized carbons (Fsp3) is 0.143. The monoisotopic (exact) mass is 281 g/mol. The number of aliphatic hydroxyl groups is 1.